The van der Waals surface area contributed by atoms with Gasteiger partial charge in [-0.15, -0.1) is 0 Å². The first kappa shape index (κ1) is 16.3. The van der Waals surface area contributed by atoms with Crippen LogP contribution in [0.1, 0.15) is 38.2 Å². The lowest BCUT2D eigenvalue weighted by molar-refractivity contribution is -0.130. The molecule has 21 heavy (non-hydrogen) atoms. The molecule has 2 N–H and O–H groups in total. The van der Waals surface area contributed by atoms with Crippen molar-refractivity contribution in [2.24, 2.45) is 5.41 Å². The van der Waals surface area contributed by atoms with Gasteiger partial charge < -0.3 is 10.6 Å². The van der Waals surface area contributed by atoms with Crippen LogP contribution in [0, 0.1) is 5.41 Å². The van der Waals surface area contributed by atoms with Crippen LogP contribution in [0.25, 0.3) is 0 Å². The number of nitrogens with one attached hydrogen (secondary N) is 2. The minimum atomic E-state index is -0.239. The van der Waals surface area contributed by atoms with Crippen molar-refractivity contribution in [3.05, 3.63) is 34.9 Å². The molecule has 1 amide bonds. The lowest BCUT2D eigenvalue weighted by Gasteiger charge is -2.28. The fourth-order valence-electron chi connectivity index (χ4n) is 3.20. The van der Waals surface area contributed by atoms with Crippen LogP contribution < -0.4 is 10.6 Å². The maximum Gasteiger partial charge on any atom is 0.226 e. The summed E-state index contributed by atoms with van der Waals surface area (Å²) in [5.74, 6) is 0.206. The van der Waals surface area contributed by atoms with Gasteiger partial charge in [0.15, 0.2) is 0 Å². The number of amides is 1. The maximum atomic E-state index is 12.6. The zero-order valence-corrected chi connectivity index (χ0v) is 13.5. The van der Waals surface area contributed by atoms with Crippen LogP contribution in [0.2, 0.25) is 5.02 Å². The van der Waals surface area contributed by atoms with Crippen LogP contribution in [-0.4, -0.2) is 25.5 Å². The van der Waals surface area contributed by atoms with Crippen LogP contribution >= 0.6 is 11.6 Å². The predicted octanol–water partition coefficient (Wildman–Crippen LogP) is 3.17. The predicted molar refractivity (Wildman–Crippen MR) is 87.6 cm³/mol. The molecule has 1 aromatic rings. The van der Waals surface area contributed by atoms with E-state index in [1.54, 1.807) is 0 Å². The van der Waals surface area contributed by atoms with Gasteiger partial charge in [-0.25, -0.2) is 0 Å². The largest absolute Gasteiger partial charge is 0.354 e. The Morgan fingerprint density at radius 3 is 2.71 bits per heavy atom. The van der Waals surface area contributed by atoms with Crippen molar-refractivity contribution in [2.45, 2.75) is 39.0 Å². The monoisotopic (exact) mass is 308 g/mol. The van der Waals surface area contributed by atoms with Gasteiger partial charge in [-0.3, -0.25) is 4.79 Å². The first-order chi connectivity index (χ1) is 10.2. The van der Waals surface area contributed by atoms with Crippen molar-refractivity contribution in [1.29, 1.82) is 0 Å². The molecule has 0 unspecified atom stereocenters. The molecule has 3 nitrogen and oxygen atoms in total. The highest BCUT2D eigenvalue weighted by molar-refractivity contribution is 6.30. The maximum absolute atomic E-state index is 12.6. The van der Waals surface area contributed by atoms with Gasteiger partial charge in [-0.1, -0.05) is 43.5 Å². The third-order valence-corrected chi connectivity index (χ3v) is 4.55. The van der Waals surface area contributed by atoms with Gasteiger partial charge in [0, 0.05) is 18.1 Å². The van der Waals surface area contributed by atoms with Gasteiger partial charge >= 0.3 is 0 Å². The molecule has 116 valence electrons. The van der Waals surface area contributed by atoms with Crippen LogP contribution in [0.4, 0.5) is 0 Å². The Labute approximate surface area is 132 Å². The first-order valence-corrected chi connectivity index (χ1v) is 8.27. The third kappa shape index (κ3) is 4.45. The molecular formula is C17H25ClN2O. The SMILES string of the molecule is CCNCCNC(=O)C1(Cc2cccc(Cl)c2)CCCC1. The van der Waals surface area contributed by atoms with Crippen molar-refractivity contribution in [2.75, 3.05) is 19.6 Å². The summed E-state index contributed by atoms with van der Waals surface area (Å²) in [5, 5.41) is 7.08. The fraction of sp³-hybridized carbons (Fsp3) is 0.588. The molecule has 1 fully saturated rings. The first-order valence-electron chi connectivity index (χ1n) is 7.90. The summed E-state index contributed by atoms with van der Waals surface area (Å²) in [4.78, 5) is 12.6. The van der Waals surface area contributed by atoms with Crippen molar-refractivity contribution in [1.82, 2.24) is 10.6 Å². The Morgan fingerprint density at radius 2 is 2.05 bits per heavy atom. The van der Waals surface area contributed by atoms with Gasteiger partial charge in [0.25, 0.3) is 0 Å². The minimum absolute atomic E-state index is 0.206. The number of halogens is 1. The van der Waals surface area contributed by atoms with Crippen molar-refractivity contribution >= 4 is 17.5 Å². The molecule has 0 aliphatic heterocycles. The molecular weight excluding hydrogens is 284 g/mol. The Kier molecular flexibility index (Phi) is 6.07. The summed E-state index contributed by atoms with van der Waals surface area (Å²) in [6, 6.07) is 7.89. The van der Waals surface area contributed by atoms with E-state index >= 15 is 0 Å². The Morgan fingerprint density at radius 1 is 1.29 bits per heavy atom. The number of likely N-dealkylation sites (N-methyl/N-ethyl adjacent to an activating group) is 1. The minimum Gasteiger partial charge on any atom is -0.354 e. The zero-order chi connectivity index (χ0) is 15.1. The highest BCUT2D eigenvalue weighted by Crippen LogP contribution is 2.41. The average Bonchev–Trinajstić information content (AvgIpc) is 2.93. The second kappa shape index (κ2) is 7.81. The highest BCUT2D eigenvalue weighted by atomic mass is 35.5. The smallest absolute Gasteiger partial charge is 0.226 e. The van der Waals surface area contributed by atoms with Crippen molar-refractivity contribution in [3.8, 4) is 0 Å². The van der Waals surface area contributed by atoms with Gasteiger partial charge in [-0.2, -0.15) is 0 Å². The van der Waals surface area contributed by atoms with E-state index in [1.807, 2.05) is 18.2 Å². The van der Waals surface area contributed by atoms with E-state index in [4.69, 9.17) is 11.6 Å². The number of rotatable bonds is 7. The lowest BCUT2D eigenvalue weighted by Crippen LogP contribution is -2.43. The highest BCUT2D eigenvalue weighted by Gasteiger charge is 2.40. The number of hydrogen-bond acceptors (Lipinski definition) is 2. The summed E-state index contributed by atoms with van der Waals surface area (Å²) < 4.78 is 0. The molecule has 1 saturated carbocycles. The summed E-state index contributed by atoms with van der Waals surface area (Å²) in [5.41, 5.74) is 0.919. The van der Waals surface area contributed by atoms with Crippen LogP contribution in [-0.2, 0) is 11.2 Å². The fourth-order valence-corrected chi connectivity index (χ4v) is 3.42. The number of hydrogen-bond donors (Lipinski definition) is 2. The van der Waals surface area contributed by atoms with E-state index in [-0.39, 0.29) is 11.3 Å². The molecule has 0 saturated heterocycles. The van der Waals surface area contributed by atoms with Gasteiger partial charge in [-0.05, 0) is 43.5 Å². The second-order valence-electron chi connectivity index (χ2n) is 5.90. The van der Waals surface area contributed by atoms with E-state index in [9.17, 15) is 4.79 Å². The van der Waals surface area contributed by atoms with E-state index in [0.717, 1.165) is 55.8 Å². The number of carbonyl (C=O) groups is 1. The molecule has 0 bridgehead atoms. The zero-order valence-electron chi connectivity index (χ0n) is 12.8. The van der Waals surface area contributed by atoms with Gasteiger partial charge in [0.1, 0.15) is 0 Å². The van der Waals surface area contributed by atoms with Crippen LogP contribution in [0.3, 0.4) is 0 Å². The van der Waals surface area contributed by atoms with Gasteiger partial charge in [0.2, 0.25) is 5.91 Å². The van der Waals surface area contributed by atoms with E-state index in [2.05, 4.69) is 23.6 Å². The normalized spacial score (nSPS) is 16.9. The number of benzene rings is 1. The molecule has 2 rings (SSSR count). The Hall–Kier alpha value is -1.06. The molecule has 0 radical (unpaired) electrons. The summed E-state index contributed by atoms with van der Waals surface area (Å²) >= 11 is 6.06. The summed E-state index contributed by atoms with van der Waals surface area (Å²) in [6.07, 6.45) is 5.03. The number of carbonyl (C=O) groups excluding carboxylic acids is 1. The van der Waals surface area contributed by atoms with Crippen LogP contribution in [0.15, 0.2) is 24.3 Å². The lowest BCUT2D eigenvalue weighted by atomic mass is 9.79. The molecule has 0 spiro atoms. The molecule has 0 atom stereocenters. The molecule has 0 aromatic heterocycles. The topological polar surface area (TPSA) is 41.1 Å². The molecule has 1 aliphatic rings. The Bertz CT molecular complexity index is 470. The van der Waals surface area contributed by atoms with E-state index < -0.39 is 0 Å². The summed E-state index contributed by atoms with van der Waals surface area (Å²) in [7, 11) is 0. The standard InChI is InChI=1S/C17H25ClN2O/c1-2-19-10-11-20-16(21)17(8-3-4-9-17)13-14-6-5-7-15(18)12-14/h5-7,12,19H,2-4,8-11,13H2,1H3,(H,20,21). The molecule has 4 heteroatoms. The third-order valence-electron chi connectivity index (χ3n) is 4.31. The van der Waals surface area contributed by atoms with Crippen molar-refractivity contribution in [3.63, 3.8) is 0 Å². The van der Waals surface area contributed by atoms with E-state index in [1.165, 1.54) is 0 Å². The second-order valence-corrected chi connectivity index (χ2v) is 6.34. The van der Waals surface area contributed by atoms with E-state index in [0.29, 0.717) is 6.54 Å². The Balaban J connectivity index is 2.00. The molecule has 0 heterocycles. The van der Waals surface area contributed by atoms with Crippen LogP contribution in [0.5, 0.6) is 0 Å². The summed E-state index contributed by atoms with van der Waals surface area (Å²) in [6.45, 7) is 4.53. The molecule has 1 aromatic carbocycles. The van der Waals surface area contributed by atoms with Crippen molar-refractivity contribution < 1.29 is 4.79 Å². The average molecular weight is 309 g/mol. The quantitative estimate of drug-likeness (QED) is 0.760. The molecule has 1 aliphatic carbocycles. The van der Waals surface area contributed by atoms with Gasteiger partial charge in [0.05, 0.1) is 5.41 Å².